The minimum Gasteiger partial charge on any atom is -0.309 e. The fourth-order valence-electron chi connectivity index (χ4n) is 1.97. The molecular weight excluding hydrogens is 310 g/mol. The third-order valence-corrected chi connectivity index (χ3v) is 3.48. The summed E-state index contributed by atoms with van der Waals surface area (Å²) < 4.78 is 40.1. The van der Waals surface area contributed by atoms with Crippen molar-refractivity contribution >= 4 is 23.2 Å². The summed E-state index contributed by atoms with van der Waals surface area (Å²) in [5.74, 6) is -3.20. The molecule has 2 aromatic carbocycles. The molecule has 0 saturated carbocycles. The van der Waals surface area contributed by atoms with E-state index >= 15 is 0 Å². The van der Waals surface area contributed by atoms with Crippen molar-refractivity contribution in [1.29, 1.82) is 0 Å². The van der Waals surface area contributed by atoms with Gasteiger partial charge in [0.25, 0.3) is 0 Å². The quantitative estimate of drug-likeness (QED) is 0.807. The monoisotopic (exact) mass is 319 g/mol. The highest BCUT2D eigenvalue weighted by Crippen LogP contribution is 2.32. The molecule has 1 nitrogen and oxygen atoms in total. The van der Waals surface area contributed by atoms with Crippen molar-refractivity contribution in [2.45, 2.75) is 6.04 Å². The van der Waals surface area contributed by atoms with Crippen LogP contribution in [0, 0.1) is 17.5 Å². The minimum absolute atomic E-state index is 0.0318. The second kappa shape index (κ2) is 6.04. The Morgan fingerprint density at radius 3 is 2.15 bits per heavy atom. The van der Waals surface area contributed by atoms with Gasteiger partial charge in [-0.2, -0.15) is 0 Å². The normalized spacial score (nSPS) is 12.5. The molecule has 0 aliphatic heterocycles. The van der Waals surface area contributed by atoms with Crippen LogP contribution in [0.5, 0.6) is 0 Å². The molecule has 0 aliphatic rings. The summed E-state index contributed by atoms with van der Waals surface area (Å²) in [5, 5.41) is 3.56. The first-order chi connectivity index (χ1) is 9.43. The van der Waals surface area contributed by atoms with Crippen molar-refractivity contribution in [2.24, 2.45) is 0 Å². The number of rotatable bonds is 3. The third-order valence-electron chi connectivity index (χ3n) is 2.91. The first-order valence-corrected chi connectivity index (χ1v) is 6.46. The first kappa shape index (κ1) is 15.2. The molecule has 1 unspecified atom stereocenters. The van der Waals surface area contributed by atoms with Crippen molar-refractivity contribution in [3.8, 4) is 0 Å². The van der Waals surface area contributed by atoms with Gasteiger partial charge in [0.1, 0.15) is 5.82 Å². The van der Waals surface area contributed by atoms with Crippen LogP contribution in [-0.2, 0) is 0 Å². The summed E-state index contributed by atoms with van der Waals surface area (Å²) in [6.07, 6.45) is 0. The van der Waals surface area contributed by atoms with E-state index < -0.39 is 23.5 Å². The zero-order valence-electron chi connectivity index (χ0n) is 10.4. The molecule has 6 heteroatoms. The highest BCUT2D eigenvalue weighted by molar-refractivity contribution is 6.35. The Morgan fingerprint density at radius 2 is 1.55 bits per heavy atom. The Kier molecular flexibility index (Phi) is 4.58. The lowest BCUT2D eigenvalue weighted by Gasteiger charge is -2.19. The SMILES string of the molecule is CNC(c1cc(F)c(F)cc1F)c1ccc(Cl)cc1Cl. The smallest absolute Gasteiger partial charge is 0.161 e. The lowest BCUT2D eigenvalue weighted by atomic mass is 9.98. The molecular formula is C14H10Cl2F3N. The fourth-order valence-corrected chi connectivity index (χ4v) is 2.49. The van der Waals surface area contributed by atoms with Crippen LogP contribution in [0.4, 0.5) is 13.2 Å². The van der Waals surface area contributed by atoms with Crippen LogP contribution >= 0.6 is 23.2 Å². The van der Waals surface area contributed by atoms with Crippen LogP contribution in [0.2, 0.25) is 10.0 Å². The predicted octanol–water partition coefficient (Wildman–Crippen LogP) is 4.72. The highest BCUT2D eigenvalue weighted by Gasteiger charge is 2.21. The Balaban J connectivity index is 2.55. The van der Waals surface area contributed by atoms with E-state index in [4.69, 9.17) is 23.2 Å². The standard InChI is InChI=1S/C14H10Cl2F3N/c1-20-14(8-3-2-7(15)4-10(8)16)9-5-12(18)13(19)6-11(9)17/h2-6,14,20H,1H3. The molecule has 0 heterocycles. The molecule has 20 heavy (non-hydrogen) atoms. The van der Waals surface area contributed by atoms with Gasteiger partial charge in [0.2, 0.25) is 0 Å². The van der Waals surface area contributed by atoms with Gasteiger partial charge >= 0.3 is 0 Å². The molecule has 0 radical (unpaired) electrons. The van der Waals surface area contributed by atoms with Crippen LogP contribution in [-0.4, -0.2) is 7.05 Å². The average Bonchev–Trinajstić information content (AvgIpc) is 2.38. The van der Waals surface area contributed by atoms with Gasteiger partial charge in [-0.3, -0.25) is 0 Å². The van der Waals surface area contributed by atoms with Crippen LogP contribution in [0.25, 0.3) is 0 Å². The summed E-state index contributed by atoms with van der Waals surface area (Å²) in [7, 11) is 1.57. The zero-order chi connectivity index (χ0) is 14.9. The summed E-state index contributed by atoms with van der Waals surface area (Å²) in [5.41, 5.74) is 0.485. The van der Waals surface area contributed by atoms with Crippen LogP contribution in [0.1, 0.15) is 17.2 Å². The molecule has 106 valence electrons. The minimum atomic E-state index is -1.23. The Morgan fingerprint density at radius 1 is 0.900 bits per heavy atom. The lowest BCUT2D eigenvalue weighted by Crippen LogP contribution is -2.20. The zero-order valence-corrected chi connectivity index (χ0v) is 11.9. The second-order valence-electron chi connectivity index (χ2n) is 4.18. The van der Waals surface area contributed by atoms with E-state index in [9.17, 15) is 13.2 Å². The Hall–Kier alpha value is -1.23. The van der Waals surface area contributed by atoms with Crippen molar-refractivity contribution in [1.82, 2.24) is 5.32 Å². The van der Waals surface area contributed by atoms with E-state index in [1.165, 1.54) is 6.07 Å². The molecule has 1 atom stereocenters. The van der Waals surface area contributed by atoms with Gasteiger partial charge in [-0.1, -0.05) is 29.3 Å². The van der Waals surface area contributed by atoms with Gasteiger partial charge in [0.05, 0.1) is 6.04 Å². The van der Waals surface area contributed by atoms with Crippen LogP contribution < -0.4 is 5.32 Å². The fraction of sp³-hybridized carbons (Fsp3) is 0.143. The predicted molar refractivity (Wildman–Crippen MR) is 73.7 cm³/mol. The molecule has 0 spiro atoms. The second-order valence-corrected chi connectivity index (χ2v) is 5.02. The number of halogens is 5. The molecule has 2 rings (SSSR count). The maximum atomic E-state index is 13.8. The number of nitrogens with one attached hydrogen (secondary N) is 1. The van der Waals surface area contributed by atoms with E-state index in [2.05, 4.69) is 5.32 Å². The van der Waals surface area contributed by atoms with Gasteiger partial charge in [0.15, 0.2) is 11.6 Å². The summed E-state index contributed by atoms with van der Waals surface area (Å²) in [6.45, 7) is 0. The molecule has 0 aromatic heterocycles. The lowest BCUT2D eigenvalue weighted by molar-refractivity contribution is 0.483. The molecule has 0 aliphatic carbocycles. The summed E-state index contributed by atoms with van der Waals surface area (Å²) in [4.78, 5) is 0. The van der Waals surface area contributed by atoms with Crippen molar-refractivity contribution in [3.63, 3.8) is 0 Å². The molecule has 0 bridgehead atoms. The largest absolute Gasteiger partial charge is 0.309 e. The van der Waals surface area contributed by atoms with Gasteiger partial charge in [-0.05, 0) is 30.8 Å². The molecule has 2 aromatic rings. The summed E-state index contributed by atoms with van der Waals surface area (Å²) >= 11 is 11.9. The number of benzene rings is 2. The van der Waals surface area contributed by atoms with E-state index in [1.54, 1.807) is 19.2 Å². The Labute approximate surface area is 124 Å². The third kappa shape index (κ3) is 2.92. The summed E-state index contributed by atoms with van der Waals surface area (Å²) in [6, 6.07) is 5.31. The van der Waals surface area contributed by atoms with Crippen molar-refractivity contribution in [2.75, 3.05) is 7.05 Å². The van der Waals surface area contributed by atoms with Crippen LogP contribution in [0.3, 0.4) is 0 Å². The highest BCUT2D eigenvalue weighted by atomic mass is 35.5. The van der Waals surface area contributed by atoms with Gasteiger partial charge in [-0.25, -0.2) is 13.2 Å². The number of hydrogen-bond acceptors (Lipinski definition) is 1. The van der Waals surface area contributed by atoms with Crippen LogP contribution in [0.15, 0.2) is 30.3 Å². The van der Waals surface area contributed by atoms with Gasteiger partial charge in [0, 0.05) is 21.7 Å². The van der Waals surface area contributed by atoms with Gasteiger partial charge in [-0.15, -0.1) is 0 Å². The average molecular weight is 320 g/mol. The molecule has 0 saturated heterocycles. The van der Waals surface area contributed by atoms with Crippen molar-refractivity contribution in [3.05, 3.63) is 69.0 Å². The van der Waals surface area contributed by atoms with E-state index in [0.717, 1.165) is 6.07 Å². The van der Waals surface area contributed by atoms with E-state index in [1.807, 2.05) is 0 Å². The maximum Gasteiger partial charge on any atom is 0.161 e. The van der Waals surface area contributed by atoms with E-state index in [-0.39, 0.29) is 5.56 Å². The van der Waals surface area contributed by atoms with E-state index in [0.29, 0.717) is 21.7 Å². The first-order valence-electron chi connectivity index (χ1n) is 5.70. The van der Waals surface area contributed by atoms with Crippen molar-refractivity contribution < 1.29 is 13.2 Å². The number of hydrogen-bond donors (Lipinski definition) is 1. The Bertz CT molecular complexity index is 647. The molecule has 1 N–H and O–H groups in total. The molecule has 0 amide bonds. The maximum absolute atomic E-state index is 13.8. The topological polar surface area (TPSA) is 12.0 Å². The molecule has 0 fully saturated rings. The van der Waals surface area contributed by atoms with Gasteiger partial charge < -0.3 is 5.32 Å².